The van der Waals surface area contributed by atoms with E-state index in [1.807, 2.05) is 6.92 Å². The smallest absolute Gasteiger partial charge is 0.367 e. The van der Waals surface area contributed by atoms with E-state index in [9.17, 15) is 18.4 Å². The van der Waals surface area contributed by atoms with Crippen LogP contribution in [0.4, 0.5) is 14.6 Å². The molecule has 7 nitrogen and oxygen atoms in total. The molecule has 0 spiro atoms. The van der Waals surface area contributed by atoms with Crippen molar-refractivity contribution in [2.45, 2.75) is 70.9 Å². The third kappa shape index (κ3) is 5.00. The molecule has 0 unspecified atom stereocenters. The molecule has 2 aliphatic rings. The van der Waals surface area contributed by atoms with Crippen LogP contribution in [-0.2, 0) is 4.74 Å². The van der Waals surface area contributed by atoms with E-state index < -0.39 is 12.4 Å². The maximum absolute atomic E-state index is 14.1. The lowest BCUT2D eigenvalue weighted by atomic mass is 10.1. The average molecular weight is 479 g/mol. The largest absolute Gasteiger partial charge is 0.461 e. The zero-order valence-corrected chi connectivity index (χ0v) is 19.6. The number of rotatable bonds is 7. The van der Waals surface area contributed by atoms with Gasteiger partial charge in [0.2, 0.25) is 5.01 Å². The first-order valence-corrected chi connectivity index (χ1v) is 12.2. The summed E-state index contributed by atoms with van der Waals surface area (Å²) in [4.78, 5) is 36.2. The van der Waals surface area contributed by atoms with Crippen LogP contribution < -0.4 is 5.32 Å². The highest BCUT2D eigenvalue weighted by atomic mass is 32.1. The van der Waals surface area contributed by atoms with Crippen molar-refractivity contribution in [1.29, 1.82) is 0 Å². The van der Waals surface area contributed by atoms with Crippen LogP contribution in [0.5, 0.6) is 0 Å². The van der Waals surface area contributed by atoms with Crippen molar-refractivity contribution in [2.24, 2.45) is 0 Å². The molecule has 0 radical (unpaired) electrons. The second-order valence-electron chi connectivity index (χ2n) is 8.49. The number of hydrogen-bond donors (Lipinski definition) is 1. The van der Waals surface area contributed by atoms with Crippen molar-refractivity contribution in [3.05, 3.63) is 28.5 Å². The molecule has 1 N–H and O–H groups in total. The molecule has 2 aromatic rings. The number of carbonyl (C=O) groups is 2. The van der Waals surface area contributed by atoms with Gasteiger partial charge in [-0.1, -0.05) is 12.8 Å². The van der Waals surface area contributed by atoms with Gasteiger partial charge in [0.1, 0.15) is 11.5 Å². The van der Waals surface area contributed by atoms with Gasteiger partial charge >= 0.3 is 5.97 Å². The van der Waals surface area contributed by atoms with E-state index >= 15 is 0 Å². The van der Waals surface area contributed by atoms with Crippen molar-refractivity contribution in [3.63, 3.8) is 0 Å². The van der Waals surface area contributed by atoms with Gasteiger partial charge in [-0.05, 0) is 45.6 Å². The second kappa shape index (κ2) is 10.1. The lowest BCUT2D eigenvalue weighted by Crippen LogP contribution is -2.34. The highest BCUT2D eigenvalue weighted by Gasteiger charge is 2.33. The Hall–Kier alpha value is -2.62. The lowest BCUT2D eigenvalue weighted by molar-refractivity contribution is 0.0525. The molecular weight excluding hydrogens is 450 g/mol. The number of halogens is 2. The summed E-state index contributed by atoms with van der Waals surface area (Å²) in [6, 6.07) is 1.58. The van der Waals surface area contributed by atoms with E-state index in [1.54, 1.807) is 11.8 Å². The molecule has 1 atom stereocenters. The Morgan fingerprint density at radius 3 is 2.67 bits per heavy atom. The molecule has 3 heterocycles. The first-order chi connectivity index (χ1) is 15.9. The van der Waals surface area contributed by atoms with Crippen LogP contribution in [0.1, 0.15) is 84.7 Å². The van der Waals surface area contributed by atoms with Crippen molar-refractivity contribution in [2.75, 3.05) is 18.5 Å². The molecule has 10 heteroatoms. The Kier molecular flexibility index (Phi) is 7.21. The summed E-state index contributed by atoms with van der Waals surface area (Å²) in [5.41, 5.74) is -0.129. The van der Waals surface area contributed by atoms with Crippen molar-refractivity contribution in [1.82, 2.24) is 14.9 Å². The van der Waals surface area contributed by atoms with Crippen LogP contribution in [0.2, 0.25) is 0 Å². The summed E-state index contributed by atoms with van der Waals surface area (Å²) >= 11 is 0.892. The fraction of sp³-hybridized carbons (Fsp3) is 0.565. The Morgan fingerprint density at radius 2 is 2.03 bits per heavy atom. The topological polar surface area (TPSA) is 84.4 Å². The summed E-state index contributed by atoms with van der Waals surface area (Å²) in [6.45, 7) is 4.32. The fourth-order valence-electron chi connectivity index (χ4n) is 4.50. The highest BCUT2D eigenvalue weighted by molar-refractivity contribution is 7.17. The second-order valence-corrected chi connectivity index (χ2v) is 9.49. The molecule has 0 aromatic carbocycles. The number of alkyl halides is 2. The number of aromatic nitrogens is 2. The molecule has 1 aliphatic carbocycles. The molecule has 1 saturated heterocycles. The average Bonchev–Trinajstić information content (AvgIpc) is 3.54. The molecule has 1 aliphatic heterocycles. The first kappa shape index (κ1) is 23.5. The molecule has 1 saturated carbocycles. The maximum atomic E-state index is 14.1. The van der Waals surface area contributed by atoms with Gasteiger partial charge in [0.15, 0.2) is 0 Å². The van der Waals surface area contributed by atoms with Gasteiger partial charge < -0.3 is 15.0 Å². The zero-order chi connectivity index (χ0) is 23.5. The lowest BCUT2D eigenvalue weighted by Gasteiger charge is -2.21. The normalized spacial score (nSPS) is 18.8. The zero-order valence-electron chi connectivity index (χ0n) is 18.8. The van der Waals surface area contributed by atoms with Gasteiger partial charge in [-0.25, -0.2) is 23.5 Å². The van der Waals surface area contributed by atoms with Gasteiger partial charge in [-0.15, -0.1) is 11.3 Å². The van der Waals surface area contributed by atoms with Crippen LogP contribution in [-0.4, -0.2) is 52.0 Å². The predicted molar refractivity (Wildman–Crippen MR) is 122 cm³/mol. The molecule has 2 fully saturated rings. The molecule has 33 heavy (non-hydrogen) atoms. The van der Waals surface area contributed by atoms with Gasteiger partial charge in [-0.3, -0.25) is 4.79 Å². The van der Waals surface area contributed by atoms with E-state index in [-0.39, 0.29) is 51.3 Å². The van der Waals surface area contributed by atoms with Crippen LogP contribution >= 0.6 is 11.3 Å². The van der Waals surface area contributed by atoms with Crippen LogP contribution in [0.25, 0.3) is 10.4 Å². The molecule has 0 bridgehead atoms. The standard InChI is InChI=1S/C23H28F2N4O3S/c1-3-32-23(31)21-28-18(22(30)29-10-6-7-13(29)2)19(33-21)16-12-26-17(11-15(16)20(24)25)27-14-8-4-5-9-14/h11-14,20H,3-10H2,1-2H3,(H,26,27)/t13-/m0/s1. The summed E-state index contributed by atoms with van der Waals surface area (Å²) < 4.78 is 33.3. The van der Waals surface area contributed by atoms with E-state index in [2.05, 4.69) is 15.3 Å². The number of anilines is 1. The predicted octanol–water partition coefficient (Wildman–Crippen LogP) is 5.30. The molecular formula is C23H28F2N4O3S. The summed E-state index contributed by atoms with van der Waals surface area (Å²) in [6.07, 6.45) is 4.48. The van der Waals surface area contributed by atoms with Crippen LogP contribution in [0.15, 0.2) is 12.3 Å². The summed E-state index contributed by atoms with van der Waals surface area (Å²) in [7, 11) is 0. The van der Waals surface area contributed by atoms with E-state index in [4.69, 9.17) is 4.74 Å². The molecule has 1 amide bonds. The van der Waals surface area contributed by atoms with Crippen LogP contribution in [0, 0.1) is 0 Å². The minimum Gasteiger partial charge on any atom is -0.461 e. The Labute approximate surface area is 195 Å². The number of thiazole rings is 1. The number of hydrogen-bond acceptors (Lipinski definition) is 7. The van der Waals surface area contributed by atoms with Gasteiger partial charge in [-0.2, -0.15) is 0 Å². The van der Waals surface area contributed by atoms with E-state index in [0.717, 1.165) is 49.9 Å². The van der Waals surface area contributed by atoms with Gasteiger partial charge in [0.05, 0.1) is 11.5 Å². The monoisotopic (exact) mass is 478 g/mol. The van der Waals surface area contributed by atoms with Gasteiger partial charge in [0.25, 0.3) is 12.3 Å². The minimum atomic E-state index is -2.78. The SMILES string of the molecule is CCOC(=O)c1nc(C(=O)N2CCC[C@@H]2C)c(-c2cnc(NC3CCCC3)cc2C(F)F)s1. The number of nitrogens with zero attached hydrogens (tertiary/aromatic N) is 3. The fourth-order valence-corrected chi connectivity index (χ4v) is 5.48. The van der Waals surface area contributed by atoms with Crippen molar-refractivity contribution < 1.29 is 23.1 Å². The highest BCUT2D eigenvalue weighted by Crippen LogP contribution is 2.39. The third-order valence-electron chi connectivity index (χ3n) is 6.22. The van der Waals surface area contributed by atoms with E-state index in [0.29, 0.717) is 12.4 Å². The van der Waals surface area contributed by atoms with Gasteiger partial charge in [0, 0.05) is 36.0 Å². The molecule has 178 valence electrons. The molecule has 4 rings (SSSR count). The number of likely N-dealkylation sites (tertiary alicyclic amines) is 1. The Balaban J connectivity index is 1.75. The number of nitrogens with one attached hydrogen (secondary N) is 1. The molecule has 2 aromatic heterocycles. The van der Waals surface area contributed by atoms with Crippen molar-refractivity contribution in [3.8, 4) is 10.4 Å². The Bertz CT molecular complexity index is 1020. The minimum absolute atomic E-state index is 0.00277. The maximum Gasteiger partial charge on any atom is 0.367 e. The number of pyridine rings is 1. The summed E-state index contributed by atoms with van der Waals surface area (Å²) in [5, 5.41) is 3.20. The Morgan fingerprint density at radius 1 is 1.27 bits per heavy atom. The number of esters is 1. The summed E-state index contributed by atoms with van der Waals surface area (Å²) in [5.74, 6) is -0.657. The first-order valence-electron chi connectivity index (χ1n) is 11.4. The third-order valence-corrected chi connectivity index (χ3v) is 7.29. The number of amides is 1. The van der Waals surface area contributed by atoms with Crippen molar-refractivity contribution >= 4 is 29.0 Å². The van der Waals surface area contributed by atoms with Crippen LogP contribution in [0.3, 0.4) is 0 Å². The quantitative estimate of drug-likeness (QED) is 0.544. The number of ether oxygens (including phenoxy) is 1. The number of carbonyl (C=O) groups excluding carboxylic acids is 2. The van der Waals surface area contributed by atoms with E-state index in [1.165, 1.54) is 12.3 Å².